The van der Waals surface area contributed by atoms with Gasteiger partial charge in [0.25, 0.3) is 0 Å². The van der Waals surface area contributed by atoms with Gasteiger partial charge in [0.1, 0.15) is 5.60 Å². The van der Waals surface area contributed by atoms with Crippen molar-refractivity contribution in [1.82, 2.24) is 10.2 Å². The number of carbonyl (C=O) groups is 1. The Kier molecular flexibility index (Phi) is 3.84. The molecule has 0 unspecified atom stereocenters. The molecule has 4 heteroatoms. The largest absolute Gasteiger partial charge is 0.444 e. The first-order valence-corrected chi connectivity index (χ1v) is 5.96. The van der Waals surface area contributed by atoms with Gasteiger partial charge in [0.05, 0.1) is 0 Å². The van der Waals surface area contributed by atoms with Gasteiger partial charge in [-0.1, -0.05) is 0 Å². The molecule has 1 heterocycles. The molecular formula is C12H24N2O2. The fourth-order valence-corrected chi connectivity index (χ4v) is 1.93. The minimum atomic E-state index is -0.422. The number of nitrogens with one attached hydrogen (secondary N) is 1. The van der Waals surface area contributed by atoms with Gasteiger partial charge < -0.3 is 15.0 Å². The van der Waals surface area contributed by atoms with E-state index >= 15 is 0 Å². The van der Waals surface area contributed by atoms with Crippen molar-refractivity contribution in [1.29, 1.82) is 0 Å². The topological polar surface area (TPSA) is 41.6 Å². The van der Waals surface area contributed by atoms with E-state index in [4.69, 9.17) is 4.74 Å². The summed E-state index contributed by atoms with van der Waals surface area (Å²) in [4.78, 5) is 13.8. The Bertz CT molecular complexity index is 260. The number of hydrogen-bond donors (Lipinski definition) is 1. The van der Waals surface area contributed by atoms with Gasteiger partial charge in [-0.2, -0.15) is 0 Å². The second kappa shape index (κ2) is 4.62. The predicted octanol–water partition coefficient (Wildman–Crippen LogP) is 1.99. The fourth-order valence-electron chi connectivity index (χ4n) is 1.93. The van der Waals surface area contributed by atoms with Gasteiger partial charge in [-0.25, -0.2) is 4.79 Å². The van der Waals surface area contributed by atoms with Crippen molar-refractivity contribution in [3.63, 3.8) is 0 Å². The van der Waals surface area contributed by atoms with Crippen LogP contribution in [0.15, 0.2) is 0 Å². The first kappa shape index (κ1) is 13.3. The Morgan fingerprint density at radius 3 is 2.38 bits per heavy atom. The molecule has 0 aromatic rings. The highest BCUT2D eigenvalue weighted by molar-refractivity contribution is 5.68. The highest BCUT2D eigenvalue weighted by Crippen LogP contribution is 2.17. The molecule has 0 spiro atoms. The van der Waals surface area contributed by atoms with E-state index in [1.807, 2.05) is 32.6 Å². The number of ether oxygens (including phenoxy) is 1. The number of nitrogens with zero attached hydrogens (tertiary/aromatic N) is 1. The fraction of sp³-hybridized carbons (Fsp3) is 0.917. The van der Waals surface area contributed by atoms with Gasteiger partial charge in [0, 0.05) is 24.7 Å². The lowest BCUT2D eigenvalue weighted by Gasteiger charge is -2.42. The molecule has 1 aliphatic rings. The van der Waals surface area contributed by atoms with E-state index in [2.05, 4.69) is 19.2 Å². The average molecular weight is 228 g/mol. The summed E-state index contributed by atoms with van der Waals surface area (Å²) in [6.07, 6.45) is -0.208. The third kappa shape index (κ3) is 3.37. The van der Waals surface area contributed by atoms with Crippen molar-refractivity contribution in [3.05, 3.63) is 0 Å². The van der Waals surface area contributed by atoms with E-state index in [0.29, 0.717) is 18.6 Å². The third-order valence-corrected chi connectivity index (χ3v) is 2.86. The van der Waals surface area contributed by atoms with E-state index in [9.17, 15) is 4.79 Å². The van der Waals surface area contributed by atoms with Crippen molar-refractivity contribution in [2.24, 2.45) is 0 Å². The molecule has 1 fully saturated rings. The van der Waals surface area contributed by atoms with Crippen LogP contribution >= 0.6 is 0 Å². The summed E-state index contributed by atoms with van der Waals surface area (Å²) >= 11 is 0. The van der Waals surface area contributed by atoms with Crippen LogP contribution in [0.25, 0.3) is 0 Å². The quantitative estimate of drug-likeness (QED) is 0.689. The van der Waals surface area contributed by atoms with Crippen LogP contribution in [0.1, 0.15) is 41.5 Å². The Labute approximate surface area is 98.3 Å². The smallest absolute Gasteiger partial charge is 0.410 e. The molecule has 1 N–H and O–H groups in total. The van der Waals surface area contributed by atoms with Gasteiger partial charge in [-0.3, -0.25) is 0 Å². The summed E-state index contributed by atoms with van der Waals surface area (Å²) in [5.74, 6) is 0. The highest BCUT2D eigenvalue weighted by Gasteiger charge is 2.33. The zero-order valence-electron chi connectivity index (χ0n) is 11.2. The Hall–Kier alpha value is -0.770. The second-order valence-electron chi connectivity index (χ2n) is 5.73. The van der Waals surface area contributed by atoms with Crippen molar-refractivity contribution in [3.8, 4) is 0 Å². The molecule has 0 radical (unpaired) electrons. The maximum atomic E-state index is 12.0. The molecule has 94 valence electrons. The molecule has 1 aliphatic heterocycles. The highest BCUT2D eigenvalue weighted by atomic mass is 16.6. The standard InChI is InChI=1S/C12H24N2O2/c1-8-7-14(10(3)9(2)13-8)11(15)16-12(4,5)6/h8-10,13H,7H2,1-6H3/t8-,9-,10-/m1/s1. The van der Waals surface area contributed by atoms with Crippen LogP contribution in [-0.2, 0) is 4.74 Å². The molecule has 16 heavy (non-hydrogen) atoms. The number of hydrogen-bond acceptors (Lipinski definition) is 3. The summed E-state index contributed by atoms with van der Waals surface area (Å²) in [5, 5.41) is 3.43. The van der Waals surface area contributed by atoms with E-state index in [0.717, 1.165) is 0 Å². The maximum absolute atomic E-state index is 12.0. The normalized spacial score (nSPS) is 31.4. The number of piperazine rings is 1. The molecule has 1 amide bonds. The molecule has 1 saturated heterocycles. The van der Waals surface area contributed by atoms with Crippen LogP contribution in [0.2, 0.25) is 0 Å². The Balaban J connectivity index is 2.67. The molecule has 0 aromatic heterocycles. The van der Waals surface area contributed by atoms with E-state index in [-0.39, 0.29) is 12.1 Å². The van der Waals surface area contributed by atoms with Gasteiger partial charge >= 0.3 is 6.09 Å². The summed E-state index contributed by atoms with van der Waals surface area (Å²) in [5.41, 5.74) is -0.422. The monoisotopic (exact) mass is 228 g/mol. The SMILES string of the molecule is C[C@@H]1CN(C(=O)OC(C)(C)C)[C@H](C)[C@@H](C)N1. The predicted molar refractivity (Wildman–Crippen MR) is 64.5 cm³/mol. The molecule has 3 atom stereocenters. The first-order chi connectivity index (χ1) is 7.20. The van der Waals surface area contributed by atoms with Gasteiger partial charge in [-0.15, -0.1) is 0 Å². The van der Waals surface area contributed by atoms with Crippen LogP contribution in [0, 0.1) is 0 Å². The molecule has 0 saturated carbocycles. The first-order valence-electron chi connectivity index (χ1n) is 5.96. The van der Waals surface area contributed by atoms with Crippen LogP contribution in [0.4, 0.5) is 4.79 Å². The zero-order valence-corrected chi connectivity index (χ0v) is 11.2. The molecule has 1 rings (SSSR count). The van der Waals surface area contributed by atoms with Crippen LogP contribution in [0.5, 0.6) is 0 Å². The van der Waals surface area contributed by atoms with Crippen LogP contribution < -0.4 is 5.32 Å². The minimum absolute atomic E-state index is 0.172. The van der Waals surface area contributed by atoms with Crippen molar-refractivity contribution < 1.29 is 9.53 Å². The maximum Gasteiger partial charge on any atom is 0.410 e. The average Bonchev–Trinajstić information content (AvgIpc) is 2.08. The Morgan fingerprint density at radius 1 is 1.31 bits per heavy atom. The van der Waals surface area contributed by atoms with Crippen LogP contribution in [0.3, 0.4) is 0 Å². The second-order valence-corrected chi connectivity index (χ2v) is 5.73. The molecule has 0 aliphatic carbocycles. The van der Waals surface area contributed by atoms with E-state index in [1.165, 1.54) is 0 Å². The lowest BCUT2D eigenvalue weighted by molar-refractivity contribution is 0.00456. The molecular weight excluding hydrogens is 204 g/mol. The number of amides is 1. The lowest BCUT2D eigenvalue weighted by atomic mass is 10.0. The molecule has 4 nitrogen and oxygen atoms in total. The summed E-state index contributed by atoms with van der Waals surface area (Å²) in [6, 6.07) is 0.793. The van der Waals surface area contributed by atoms with E-state index < -0.39 is 5.60 Å². The summed E-state index contributed by atoms with van der Waals surface area (Å²) in [6.45, 7) is 12.6. The van der Waals surface area contributed by atoms with Gasteiger partial charge in [0.2, 0.25) is 0 Å². The van der Waals surface area contributed by atoms with Gasteiger partial charge in [-0.05, 0) is 41.5 Å². The Morgan fingerprint density at radius 2 is 1.88 bits per heavy atom. The zero-order chi connectivity index (χ0) is 12.5. The van der Waals surface area contributed by atoms with Crippen molar-refractivity contribution in [2.45, 2.75) is 65.3 Å². The summed E-state index contributed by atoms with van der Waals surface area (Å²) < 4.78 is 5.40. The van der Waals surface area contributed by atoms with E-state index in [1.54, 1.807) is 0 Å². The molecule has 0 bridgehead atoms. The lowest BCUT2D eigenvalue weighted by Crippen LogP contribution is -2.61. The van der Waals surface area contributed by atoms with Crippen LogP contribution in [-0.4, -0.2) is 41.3 Å². The van der Waals surface area contributed by atoms with Gasteiger partial charge in [0.15, 0.2) is 0 Å². The van der Waals surface area contributed by atoms with Crippen molar-refractivity contribution in [2.75, 3.05) is 6.54 Å². The third-order valence-electron chi connectivity index (χ3n) is 2.86. The number of rotatable bonds is 0. The summed E-state index contributed by atoms with van der Waals surface area (Å²) in [7, 11) is 0. The molecule has 0 aromatic carbocycles. The van der Waals surface area contributed by atoms with Crippen molar-refractivity contribution >= 4 is 6.09 Å². The number of carbonyl (C=O) groups excluding carboxylic acids is 1. The minimum Gasteiger partial charge on any atom is -0.444 e.